The van der Waals surface area contributed by atoms with Gasteiger partial charge in [-0.25, -0.2) is 9.59 Å². The molecule has 0 spiro atoms. The average Bonchev–Trinajstić information content (AvgIpc) is 2.90. The van der Waals surface area contributed by atoms with Crippen molar-refractivity contribution in [1.29, 1.82) is 0 Å². The SMILES string of the molecule is CC(C)Oc1ccc(C(=O)Oc2ccc(Oc3ccc(OC(=O)c4ccc(OC(C)(C)C)cc4)cc3)cc2)cc1. The first-order valence-electron chi connectivity index (χ1n) is 12.9. The Morgan fingerprint density at radius 1 is 0.525 bits per heavy atom. The quantitative estimate of drug-likeness (QED) is 0.158. The molecule has 0 aliphatic heterocycles. The molecule has 0 bridgehead atoms. The Kier molecular flexibility index (Phi) is 8.74. The van der Waals surface area contributed by atoms with Crippen LogP contribution in [0.4, 0.5) is 0 Å². The third-order valence-corrected chi connectivity index (χ3v) is 5.28. The number of esters is 2. The summed E-state index contributed by atoms with van der Waals surface area (Å²) in [5.74, 6) is 2.31. The van der Waals surface area contributed by atoms with Crippen LogP contribution < -0.4 is 23.7 Å². The van der Waals surface area contributed by atoms with Crippen molar-refractivity contribution in [3.63, 3.8) is 0 Å². The molecule has 0 heterocycles. The fourth-order valence-corrected chi connectivity index (χ4v) is 3.57. The number of ether oxygens (including phenoxy) is 5. The predicted octanol–water partition coefficient (Wildman–Crippen LogP) is 7.88. The molecule has 4 aromatic carbocycles. The molecular weight excluding hydrogens is 508 g/mol. The van der Waals surface area contributed by atoms with Crippen LogP contribution in [0, 0.1) is 0 Å². The Bertz CT molecular complexity index is 1420. The zero-order valence-corrected chi connectivity index (χ0v) is 23.2. The summed E-state index contributed by atoms with van der Waals surface area (Å²) in [6.45, 7) is 9.75. The van der Waals surface area contributed by atoms with Gasteiger partial charge in [-0.2, -0.15) is 0 Å². The minimum absolute atomic E-state index is 0.0530. The first-order chi connectivity index (χ1) is 19.0. The molecule has 4 aromatic rings. The van der Waals surface area contributed by atoms with Gasteiger partial charge in [-0.1, -0.05) is 0 Å². The summed E-state index contributed by atoms with van der Waals surface area (Å²) in [7, 11) is 0. The second-order valence-electron chi connectivity index (χ2n) is 10.3. The fraction of sp³-hybridized carbons (Fsp3) is 0.212. The van der Waals surface area contributed by atoms with Crippen LogP contribution in [-0.2, 0) is 0 Å². The van der Waals surface area contributed by atoms with Gasteiger partial charge in [-0.3, -0.25) is 0 Å². The minimum Gasteiger partial charge on any atom is -0.491 e. The molecule has 4 rings (SSSR count). The normalized spacial score (nSPS) is 11.1. The molecule has 40 heavy (non-hydrogen) atoms. The molecule has 0 aromatic heterocycles. The van der Waals surface area contributed by atoms with Crippen molar-refractivity contribution < 1.29 is 33.3 Å². The van der Waals surface area contributed by atoms with E-state index in [4.69, 9.17) is 23.7 Å². The van der Waals surface area contributed by atoms with E-state index in [1.165, 1.54) is 0 Å². The van der Waals surface area contributed by atoms with Crippen LogP contribution in [-0.4, -0.2) is 23.6 Å². The molecule has 0 aliphatic rings. The van der Waals surface area contributed by atoms with Gasteiger partial charge in [0.2, 0.25) is 0 Å². The minimum atomic E-state index is -0.471. The van der Waals surface area contributed by atoms with Gasteiger partial charge in [-0.05, 0) is 132 Å². The molecule has 0 radical (unpaired) electrons. The second kappa shape index (κ2) is 12.4. The highest BCUT2D eigenvalue weighted by Gasteiger charge is 2.14. The van der Waals surface area contributed by atoms with E-state index in [0.717, 1.165) is 0 Å². The van der Waals surface area contributed by atoms with Gasteiger partial charge in [-0.15, -0.1) is 0 Å². The first kappa shape index (κ1) is 28.2. The summed E-state index contributed by atoms with van der Waals surface area (Å²) in [6, 6.07) is 27.0. The van der Waals surface area contributed by atoms with Crippen molar-refractivity contribution in [2.45, 2.75) is 46.3 Å². The van der Waals surface area contributed by atoms with Crippen LogP contribution in [0.3, 0.4) is 0 Å². The van der Waals surface area contributed by atoms with Crippen LogP contribution in [0.25, 0.3) is 0 Å². The van der Waals surface area contributed by atoms with E-state index >= 15 is 0 Å². The zero-order valence-electron chi connectivity index (χ0n) is 23.2. The summed E-state index contributed by atoms with van der Waals surface area (Å²) in [6.07, 6.45) is 0.0530. The van der Waals surface area contributed by atoms with Gasteiger partial charge in [0.25, 0.3) is 0 Å². The van der Waals surface area contributed by atoms with Crippen molar-refractivity contribution in [3.05, 3.63) is 108 Å². The first-order valence-corrected chi connectivity index (χ1v) is 12.9. The predicted molar refractivity (Wildman–Crippen MR) is 152 cm³/mol. The van der Waals surface area contributed by atoms with E-state index in [1.54, 1.807) is 97.1 Å². The molecule has 0 atom stereocenters. The fourth-order valence-electron chi connectivity index (χ4n) is 3.57. The zero-order chi connectivity index (χ0) is 28.7. The standard InChI is InChI=1S/C33H32O7/c1-22(2)36-25-10-6-23(7-11-25)31(34)38-28-18-14-26(15-19-28)37-27-16-20-29(21-17-27)39-32(35)24-8-12-30(13-9-24)40-33(3,4)5/h6-22H,1-5H3. The molecule has 0 fully saturated rings. The van der Waals surface area contributed by atoms with Crippen LogP contribution >= 0.6 is 0 Å². The Hall–Kier alpha value is -4.78. The van der Waals surface area contributed by atoms with Crippen LogP contribution in [0.15, 0.2) is 97.1 Å². The highest BCUT2D eigenvalue weighted by Crippen LogP contribution is 2.27. The molecule has 0 amide bonds. The summed E-state index contributed by atoms with van der Waals surface area (Å²) in [4.78, 5) is 25.0. The maximum absolute atomic E-state index is 12.5. The second-order valence-corrected chi connectivity index (χ2v) is 10.3. The highest BCUT2D eigenvalue weighted by atomic mass is 16.5. The smallest absolute Gasteiger partial charge is 0.343 e. The largest absolute Gasteiger partial charge is 0.491 e. The molecule has 0 saturated heterocycles. The van der Waals surface area contributed by atoms with Crippen molar-refractivity contribution in [3.8, 4) is 34.5 Å². The summed E-state index contributed by atoms with van der Waals surface area (Å²) in [5, 5.41) is 0. The third-order valence-electron chi connectivity index (χ3n) is 5.28. The molecule has 7 nitrogen and oxygen atoms in total. The highest BCUT2D eigenvalue weighted by molar-refractivity contribution is 5.91. The number of benzene rings is 4. The number of hydrogen-bond acceptors (Lipinski definition) is 7. The number of hydrogen-bond donors (Lipinski definition) is 0. The summed E-state index contributed by atoms with van der Waals surface area (Å²) in [5.41, 5.74) is 0.514. The van der Waals surface area contributed by atoms with Crippen LogP contribution in [0.2, 0.25) is 0 Å². The van der Waals surface area contributed by atoms with Gasteiger partial charge in [0.05, 0.1) is 17.2 Å². The lowest BCUT2D eigenvalue weighted by molar-refractivity contribution is 0.0725. The van der Waals surface area contributed by atoms with E-state index < -0.39 is 11.9 Å². The maximum Gasteiger partial charge on any atom is 0.343 e. The molecule has 0 saturated carbocycles. The van der Waals surface area contributed by atoms with Gasteiger partial charge < -0.3 is 23.7 Å². The van der Waals surface area contributed by atoms with Crippen molar-refractivity contribution in [1.82, 2.24) is 0 Å². The number of carbonyl (C=O) groups excluding carboxylic acids is 2. The van der Waals surface area contributed by atoms with Crippen molar-refractivity contribution >= 4 is 11.9 Å². The Labute approximate surface area is 234 Å². The molecule has 0 unspecified atom stereocenters. The van der Waals surface area contributed by atoms with E-state index in [2.05, 4.69) is 0 Å². The monoisotopic (exact) mass is 540 g/mol. The van der Waals surface area contributed by atoms with Gasteiger partial charge >= 0.3 is 11.9 Å². The summed E-state index contributed by atoms with van der Waals surface area (Å²) < 4.78 is 28.2. The van der Waals surface area contributed by atoms with Gasteiger partial charge in [0, 0.05) is 0 Å². The van der Waals surface area contributed by atoms with E-state index in [0.29, 0.717) is 45.6 Å². The molecule has 0 aliphatic carbocycles. The average molecular weight is 541 g/mol. The van der Waals surface area contributed by atoms with Crippen molar-refractivity contribution in [2.24, 2.45) is 0 Å². The molecule has 206 valence electrons. The maximum atomic E-state index is 12.5. The molecular formula is C33H32O7. The van der Waals surface area contributed by atoms with E-state index in [1.807, 2.05) is 34.6 Å². The van der Waals surface area contributed by atoms with Gasteiger partial charge in [0.1, 0.15) is 40.1 Å². The number of rotatable bonds is 9. The third kappa shape index (κ3) is 8.36. The Morgan fingerprint density at radius 2 is 0.875 bits per heavy atom. The lowest BCUT2D eigenvalue weighted by Crippen LogP contribution is -2.22. The lowest BCUT2D eigenvalue weighted by Gasteiger charge is -2.21. The Morgan fingerprint density at radius 3 is 1.25 bits per heavy atom. The van der Waals surface area contributed by atoms with E-state index in [9.17, 15) is 9.59 Å². The lowest BCUT2D eigenvalue weighted by atomic mass is 10.1. The molecule has 0 N–H and O–H groups in total. The Balaban J connectivity index is 1.28. The topological polar surface area (TPSA) is 80.3 Å². The van der Waals surface area contributed by atoms with Crippen LogP contribution in [0.5, 0.6) is 34.5 Å². The molecule has 7 heteroatoms. The van der Waals surface area contributed by atoms with E-state index in [-0.39, 0.29) is 11.7 Å². The summed E-state index contributed by atoms with van der Waals surface area (Å²) >= 11 is 0. The van der Waals surface area contributed by atoms with Crippen LogP contribution in [0.1, 0.15) is 55.3 Å². The van der Waals surface area contributed by atoms with Gasteiger partial charge in [0.15, 0.2) is 0 Å². The number of carbonyl (C=O) groups is 2. The van der Waals surface area contributed by atoms with Crippen molar-refractivity contribution in [2.75, 3.05) is 0 Å².